The second-order valence-electron chi connectivity index (χ2n) is 4.16. The average Bonchev–Trinajstić information content (AvgIpc) is 2.27. The van der Waals surface area contributed by atoms with Crippen molar-refractivity contribution in [3.8, 4) is 11.5 Å². The largest absolute Gasteiger partial charge is 0.508 e. The van der Waals surface area contributed by atoms with Crippen molar-refractivity contribution in [3.63, 3.8) is 0 Å². The number of hydrogen-bond acceptors (Lipinski definition) is 4. The number of aromatic hydroxyl groups is 2. The van der Waals surface area contributed by atoms with Gasteiger partial charge >= 0.3 is 0 Å². The van der Waals surface area contributed by atoms with Crippen molar-refractivity contribution < 1.29 is 14.9 Å². The molecule has 0 spiro atoms. The normalized spacial score (nSPS) is 12.6. The number of phenolic OH excluding ortho intramolecular Hbond substituents is 2. The summed E-state index contributed by atoms with van der Waals surface area (Å²) < 4.78 is 4.97. The summed E-state index contributed by atoms with van der Waals surface area (Å²) in [6, 6.07) is 4.75. The summed E-state index contributed by atoms with van der Waals surface area (Å²) in [5, 5.41) is 22.1. The Morgan fingerprint density at radius 3 is 2.41 bits per heavy atom. The van der Waals surface area contributed by atoms with Crippen molar-refractivity contribution in [3.05, 3.63) is 23.8 Å². The van der Waals surface area contributed by atoms with Gasteiger partial charge in [0.2, 0.25) is 0 Å². The van der Waals surface area contributed by atoms with Crippen molar-refractivity contribution in [1.82, 2.24) is 5.32 Å². The molecule has 1 atom stereocenters. The van der Waals surface area contributed by atoms with Gasteiger partial charge in [-0.2, -0.15) is 0 Å². The minimum absolute atomic E-state index is 0.0908. The van der Waals surface area contributed by atoms with Crippen molar-refractivity contribution in [2.45, 2.75) is 25.8 Å². The van der Waals surface area contributed by atoms with E-state index in [1.54, 1.807) is 19.2 Å². The van der Waals surface area contributed by atoms with Gasteiger partial charge in [-0.1, -0.05) is 0 Å². The molecule has 0 aliphatic rings. The van der Waals surface area contributed by atoms with E-state index in [2.05, 4.69) is 5.32 Å². The highest BCUT2D eigenvalue weighted by Gasteiger charge is 2.07. The summed E-state index contributed by atoms with van der Waals surface area (Å²) >= 11 is 0. The lowest BCUT2D eigenvalue weighted by Gasteiger charge is -2.14. The summed E-state index contributed by atoms with van der Waals surface area (Å²) in [4.78, 5) is 0. The van der Waals surface area contributed by atoms with E-state index >= 15 is 0 Å². The number of nitrogens with one attached hydrogen (secondary N) is 1. The Balaban J connectivity index is 2.38. The number of benzene rings is 1. The number of unbranched alkanes of at least 4 members (excludes halogenated alkanes) is 1. The SMILES string of the molecule is COCCCCNC(C)c1cc(O)cc(O)c1. The molecule has 3 N–H and O–H groups in total. The van der Waals surface area contributed by atoms with E-state index in [1.165, 1.54) is 6.07 Å². The maximum atomic E-state index is 9.38. The predicted octanol–water partition coefficient (Wildman–Crippen LogP) is 2.17. The third kappa shape index (κ3) is 5.06. The molecule has 4 nitrogen and oxygen atoms in total. The zero-order chi connectivity index (χ0) is 12.7. The van der Waals surface area contributed by atoms with Crippen LogP contribution in [0.3, 0.4) is 0 Å². The number of rotatable bonds is 7. The van der Waals surface area contributed by atoms with Gasteiger partial charge in [0.05, 0.1) is 0 Å². The topological polar surface area (TPSA) is 61.7 Å². The first-order valence-corrected chi connectivity index (χ1v) is 5.88. The highest BCUT2D eigenvalue weighted by molar-refractivity contribution is 5.37. The molecule has 0 aliphatic carbocycles. The summed E-state index contributed by atoms with van der Waals surface area (Å²) in [5.74, 6) is 0.182. The molecule has 4 heteroatoms. The molecule has 0 fully saturated rings. The Hall–Kier alpha value is -1.26. The van der Waals surface area contributed by atoms with Crippen LogP contribution in [0.4, 0.5) is 0 Å². The summed E-state index contributed by atoms with van der Waals surface area (Å²) in [6.45, 7) is 3.68. The Bertz CT molecular complexity index is 321. The van der Waals surface area contributed by atoms with Crippen LogP contribution in [-0.2, 0) is 4.74 Å². The Kier molecular flexibility index (Phi) is 5.80. The van der Waals surface area contributed by atoms with Crippen LogP contribution in [-0.4, -0.2) is 30.5 Å². The van der Waals surface area contributed by atoms with Gasteiger partial charge in [0.15, 0.2) is 0 Å². The highest BCUT2D eigenvalue weighted by Crippen LogP contribution is 2.24. The number of phenols is 2. The Labute approximate surface area is 102 Å². The van der Waals surface area contributed by atoms with Crippen LogP contribution in [0.5, 0.6) is 11.5 Å². The van der Waals surface area contributed by atoms with Crippen LogP contribution in [0.25, 0.3) is 0 Å². The fraction of sp³-hybridized carbons (Fsp3) is 0.538. The molecule has 1 rings (SSSR count). The van der Waals surface area contributed by atoms with Crippen LogP contribution in [0, 0.1) is 0 Å². The highest BCUT2D eigenvalue weighted by atomic mass is 16.5. The first-order valence-electron chi connectivity index (χ1n) is 5.88. The quantitative estimate of drug-likeness (QED) is 0.638. The molecular formula is C13H21NO3. The zero-order valence-electron chi connectivity index (χ0n) is 10.4. The molecule has 0 radical (unpaired) electrons. The van der Waals surface area contributed by atoms with Gasteiger partial charge < -0.3 is 20.3 Å². The maximum absolute atomic E-state index is 9.38. The average molecular weight is 239 g/mol. The molecule has 1 aromatic carbocycles. The first kappa shape index (κ1) is 13.8. The molecule has 1 unspecified atom stereocenters. The van der Waals surface area contributed by atoms with Crippen molar-refractivity contribution in [2.75, 3.05) is 20.3 Å². The molecule has 0 saturated carbocycles. The fourth-order valence-corrected chi connectivity index (χ4v) is 1.68. The third-order valence-electron chi connectivity index (χ3n) is 2.65. The Morgan fingerprint density at radius 2 is 1.82 bits per heavy atom. The Morgan fingerprint density at radius 1 is 1.18 bits per heavy atom. The van der Waals surface area contributed by atoms with Crippen LogP contribution in [0.2, 0.25) is 0 Å². The van der Waals surface area contributed by atoms with Crippen molar-refractivity contribution in [1.29, 1.82) is 0 Å². The van der Waals surface area contributed by atoms with Gasteiger partial charge in [0, 0.05) is 25.8 Å². The van der Waals surface area contributed by atoms with E-state index in [0.717, 1.165) is 31.6 Å². The minimum atomic E-state index is 0.0908. The van der Waals surface area contributed by atoms with Gasteiger partial charge in [-0.3, -0.25) is 0 Å². The molecule has 96 valence electrons. The van der Waals surface area contributed by atoms with E-state index in [1.807, 2.05) is 6.92 Å². The second kappa shape index (κ2) is 7.14. The zero-order valence-corrected chi connectivity index (χ0v) is 10.4. The summed E-state index contributed by atoms with van der Waals surface area (Å²) in [6.07, 6.45) is 2.07. The molecule has 0 aromatic heterocycles. The van der Waals surface area contributed by atoms with Gasteiger partial charge in [-0.15, -0.1) is 0 Å². The van der Waals surface area contributed by atoms with Crippen molar-refractivity contribution in [2.24, 2.45) is 0 Å². The van der Waals surface area contributed by atoms with Crippen LogP contribution in [0.15, 0.2) is 18.2 Å². The molecule has 1 aromatic rings. The third-order valence-corrected chi connectivity index (χ3v) is 2.65. The lowest BCUT2D eigenvalue weighted by Crippen LogP contribution is -2.20. The van der Waals surface area contributed by atoms with Crippen LogP contribution in [0.1, 0.15) is 31.4 Å². The van der Waals surface area contributed by atoms with Gasteiger partial charge in [0.1, 0.15) is 11.5 Å². The number of hydrogen-bond donors (Lipinski definition) is 3. The van der Waals surface area contributed by atoms with Crippen LogP contribution >= 0.6 is 0 Å². The molecule has 17 heavy (non-hydrogen) atoms. The van der Waals surface area contributed by atoms with E-state index < -0.39 is 0 Å². The molecule has 0 heterocycles. The predicted molar refractivity (Wildman–Crippen MR) is 67.3 cm³/mol. The van der Waals surface area contributed by atoms with E-state index in [0.29, 0.717) is 0 Å². The fourth-order valence-electron chi connectivity index (χ4n) is 1.68. The smallest absolute Gasteiger partial charge is 0.119 e. The second-order valence-corrected chi connectivity index (χ2v) is 4.16. The molecule has 0 amide bonds. The standard InChI is InChI=1S/C13H21NO3/c1-10(14-5-3-4-6-17-2)11-7-12(15)9-13(16)8-11/h7-10,14-16H,3-6H2,1-2H3. The molecule has 0 saturated heterocycles. The lowest BCUT2D eigenvalue weighted by molar-refractivity contribution is 0.192. The lowest BCUT2D eigenvalue weighted by atomic mass is 10.1. The van der Waals surface area contributed by atoms with E-state index in [9.17, 15) is 10.2 Å². The van der Waals surface area contributed by atoms with Gasteiger partial charge in [0.25, 0.3) is 0 Å². The molecule has 0 aliphatic heterocycles. The summed E-state index contributed by atoms with van der Waals surface area (Å²) in [5.41, 5.74) is 0.884. The summed E-state index contributed by atoms with van der Waals surface area (Å²) in [7, 11) is 1.70. The number of ether oxygens (including phenoxy) is 1. The first-order chi connectivity index (χ1) is 8.13. The van der Waals surface area contributed by atoms with E-state index in [-0.39, 0.29) is 17.5 Å². The number of methoxy groups -OCH3 is 1. The molecular weight excluding hydrogens is 218 g/mol. The maximum Gasteiger partial charge on any atom is 0.119 e. The van der Waals surface area contributed by atoms with Crippen molar-refractivity contribution >= 4 is 0 Å². The van der Waals surface area contributed by atoms with E-state index in [4.69, 9.17) is 4.74 Å². The minimum Gasteiger partial charge on any atom is -0.508 e. The van der Waals surface area contributed by atoms with Gasteiger partial charge in [-0.05, 0) is 44.0 Å². The van der Waals surface area contributed by atoms with Crippen LogP contribution < -0.4 is 5.32 Å². The monoisotopic (exact) mass is 239 g/mol. The van der Waals surface area contributed by atoms with Gasteiger partial charge in [-0.25, -0.2) is 0 Å². The molecule has 0 bridgehead atoms.